The Hall–Kier alpha value is -3.19. The van der Waals surface area contributed by atoms with Gasteiger partial charge < -0.3 is 15.0 Å². The first-order chi connectivity index (χ1) is 13.5. The fourth-order valence-electron chi connectivity index (χ4n) is 2.73. The zero-order valence-electron chi connectivity index (χ0n) is 14.7. The molecule has 2 aromatic carbocycles. The molecule has 0 atom stereocenters. The molecular weight excluding hydrogens is 382 g/mol. The van der Waals surface area contributed by atoms with Crippen molar-refractivity contribution in [3.8, 4) is 0 Å². The second-order valence-corrected chi connectivity index (χ2v) is 7.03. The Balaban J connectivity index is 1.41. The van der Waals surface area contributed by atoms with Crippen molar-refractivity contribution in [3.63, 3.8) is 0 Å². The number of aromatic amines is 1. The average Bonchev–Trinajstić information content (AvgIpc) is 3.51. The van der Waals surface area contributed by atoms with E-state index in [0.29, 0.717) is 27.2 Å². The van der Waals surface area contributed by atoms with Gasteiger partial charge in [-0.1, -0.05) is 11.6 Å². The van der Waals surface area contributed by atoms with E-state index in [9.17, 15) is 14.4 Å². The van der Waals surface area contributed by atoms with Crippen LogP contribution >= 0.6 is 11.6 Å². The van der Waals surface area contributed by atoms with Gasteiger partial charge in [-0.05, 0) is 55.3 Å². The number of anilines is 1. The number of nitrogens with zero attached hydrogens (tertiary/aromatic N) is 1. The van der Waals surface area contributed by atoms with E-state index in [2.05, 4.69) is 15.3 Å². The molecule has 2 N–H and O–H groups in total. The number of benzene rings is 2. The van der Waals surface area contributed by atoms with Crippen LogP contribution in [0.1, 0.15) is 29.0 Å². The molecule has 0 radical (unpaired) electrons. The third-order valence-corrected chi connectivity index (χ3v) is 4.63. The first kappa shape index (κ1) is 18.2. The molecule has 1 aliphatic rings. The predicted octanol–water partition coefficient (Wildman–Crippen LogP) is 3.28. The average molecular weight is 398 g/mol. The molecule has 0 saturated heterocycles. The number of carbonyl (C=O) groups excluding carboxylic acids is 2. The molecule has 1 aliphatic carbocycles. The van der Waals surface area contributed by atoms with E-state index in [1.165, 1.54) is 0 Å². The molecule has 28 heavy (non-hydrogen) atoms. The van der Waals surface area contributed by atoms with Gasteiger partial charge in [0.15, 0.2) is 0 Å². The predicted molar refractivity (Wildman–Crippen MR) is 104 cm³/mol. The summed E-state index contributed by atoms with van der Waals surface area (Å²) in [5, 5.41) is 3.67. The fourth-order valence-corrected chi connectivity index (χ4v) is 2.89. The van der Waals surface area contributed by atoms with Gasteiger partial charge >= 0.3 is 5.97 Å². The van der Waals surface area contributed by atoms with E-state index in [1.807, 2.05) is 0 Å². The summed E-state index contributed by atoms with van der Waals surface area (Å²) in [6.07, 6.45) is 1.85. The highest BCUT2D eigenvalue weighted by Crippen LogP contribution is 2.30. The highest BCUT2D eigenvalue weighted by molar-refractivity contribution is 6.31. The van der Waals surface area contributed by atoms with Gasteiger partial charge in [0, 0.05) is 16.6 Å². The molecule has 1 amide bonds. The summed E-state index contributed by atoms with van der Waals surface area (Å²) in [5.74, 6) is -0.228. The molecule has 0 aliphatic heterocycles. The van der Waals surface area contributed by atoms with E-state index in [4.69, 9.17) is 16.3 Å². The summed E-state index contributed by atoms with van der Waals surface area (Å²) < 4.78 is 5.23. The maximum absolute atomic E-state index is 12.2. The lowest BCUT2D eigenvalue weighted by molar-refractivity contribution is -0.117. The Bertz CT molecular complexity index is 1120. The van der Waals surface area contributed by atoms with Crippen LogP contribution in [0.25, 0.3) is 10.9 Å². The van der Waals surface area contributed by atoms with Crippen molar-refractivity contribution in [2.24, 2.45) is 5.92 Å². The summed E-state index contributed by atoms with van der Waals surface area (Å²) in [6, 6.07) is 11.2. The van der Waals surface area contributed by atoms with Crippen LogP contribution in [0, 0.1) is 5.92 Å². The fraction of sp³-hybridized carbons (Fsp3) is 0.200. The number of fused-ring (bicyclic) bond motifs is 1. The summed E-state index contributed by atoms with van der Waals surface area (Å²) in [4.78, 5) is 42.9. The van der Waals surface area contributed by atoms with Crippen molar-refractivity contribution in [3.05, 3.63) is 69.2 Å². The lowest BCUT2D eigenvalue weighted by Gasteiger charge is -2.07. The first-order valence-corrected chi connectivity index (χ1v) is 9.14. The van der Waals surface area contributed by atoms with Crippen molar-refractivity contribution in [1.82, 2.24) is 9.97 Å². The molecule has 4 rings (SSSR count). The molecule has 142 valence electrons. The molecule has 1 aromatic heterocycles. The van der Waals surface area contributed by atoms with Gasteiger partial charge in [0.25, 0.3) is 5.56 Å². The molecule has 0 spiro atoms. The van der Waals surface area contributed by atoms with E-state index in [1.54, 1.807) is 42.5 Å². The monoisotopic (exact) mass is 397 g/mol. The topological polar surface area (TPSA) is 101 Å². The van der Waals surface area contributed by atoms with Gasteiger partial charge in [-0.15, -0.1) is 0 Å². The molecule has 3 aromatic rings. The zero-order chi connectivity index (χ0) is 19.7. The minimum atomic E-state index is -0.561. The number of hydrogen-bond acceptors (Lipinski definition) is 5. The SMILES string of the molecule is O=C(OCc1nc2cc(Cl)ccc2c(=O)[nH]1)c1ccc(NC(=O)C2CC2)cc1. The second-order valence-electron chi connectivity index (χ2n) is 6.59. The number of carbonyl (C=O) groups is 2. The molecule has 7 nitrogen and oxygen atoms in total. The standard InChI is InChI=1S/C20H16ClN3O4/c21-13-5-8-15-16(9-13)23-17(24-19(15)26)10-28-20(27)12-3-6-14(7-4-12)22-18(25)11-1-2-11/h3-9,11H,1-2,10H2,(H,22,25)(H,23,24,26). The number of aromatic nitrogens is 2. The quantitative estimate of drug-likeness (QED) is 0.643. The van der Waals surface area contributed by atoms with Crippen molar-refractivity contribution >= 4 is 40.1 Å². The number of halogens is 1. The van der Waals surface area contributed by atoms with Crippen LogP contribution in [-0.2, 0) is 16.1 Å². The van der Waals surface area contributed by atoms with Crippen LogP contribution in [0.5, 0.6) is 0 Å². The zero-order valence-corrected chi connectivity index (χ0v) is 15.5. The van der Waals surface area contributed by atoms with Crippen LogP contribution in [0.4, 0.5) is 5.69 Å². The number of amides is 1. The van der Waals surface area contributed by atoms with Gasteiger partial charge in [0.1, 0.15) is 12.4 Å². The largest absolute Gasteiger partial charge is 0.454 e. The van der Waals surface area contributed by atoms with E-state index in [-0.39, 0.29) is 29.8 Å². The lowest BCUT2D eigenvalue weighted by atomic mass is 10.2. The van der Waals surface area contributed by atoms with Crippen LogP contribution in [0.3, 0.4) is 0 Å². The number of esters is 1. The Morgan fingerprint density at radius 2 is 1.93 bits per heavy atom. The lowest BCUT2D eigenvalue weighted by Crippen LogP contribution is -2.15. The van der Waals surface area contributed by atoms with E-state index >= 15 is 0 Å². The van der Waals surface area contributed by atoms with Crippen molar-refractivity contribution in [2.45, 2.75) is 19.4 Å². The van der Waals surface area contributed by atoms with Gasteiger partial charge in [-0.3, -0.25) is 9.59 Å². The van der Waals surface area contributed by atoms with E-state index in [0.717, 1.165) is 12.8 Å². The van der Waals surface area contributed by atoms with E-state index < -0.39 is 5.97 Å². The molecule has 1 heterocycles. The third kappa shape index (κ3) is 4.04. The summed E-state index contributed by atoms with van der Waals surface area (Å²) >= 11 is 5.93. The van der Waals surface area contributed by atoms with Gasteiger partial charge in [-0.25, -0.2) is 9.78 Å². The second kappa shape index (κ2) is 7.44. The molecule has 1 saturated carbocycles. The normalized spacial score (nSPS) is 13.3. The Morgan fingerprint density at radius 3 is 2.64 bits per heavy atom. The van der Waals surface area contributed by atoms with Crippen molar-refractivity contribution in [2.75, 3.05) is 5.32 Å². The third-order valence-electron chi connectivity index (χ3n) is 4.39. The number of hydrogen-bond donors (Lipinski definition) is 2. The highest BCUT2D eigenvalue weighted by Gasteiger charge is 2.29. The molecular formula is C20H16ClN3O4. The maximum Gasteiger partial charge on any atom is 0.338 e. The number of rotatable bonds is 5. The maximum atomic E-state index is 12.2. The Morgan fingerprint density at radius 1 is 1.18 bits per heavy atom. The summed E-state index contributed by atoms with van der Waals surface area (Å²) in [6.45, 7) is -0.184. The Labute approximate surface area is 164 Å². The Kier molecular flexibility index (Phi) is 4.83. The molecule has 1 fully saturated rings. The van der Waals surface area contributed by atoms with Crippen LogP contribution < -0.4 is 10.9 Å². The van der Waals surface area contributed by atoms with Crippen LogP contribution in [-0.4, -0.2) is 21.8 Å². The van der Waals surface area contributed by atoms with Crippen LogP contribution in [0.15, 0.2) is 47.3 Å². The first-order valence-electron chi connectivity index (χ1n) is 8.76. The summed E-state index contributed by atoms with van der Waals surface area (Å²) in [7, 11) is 0. The number of ether oxygens (including phenoxy) is 1. The minimum absolute atomic E-state index is 0.00163. The highest BCUT2D eigenvalue weighted by atomic mass is 35.5. The smallest absolute Gasteiger partial charge is 0.338 e. The van der Waals surface area contributed by atoms with Crippen molar-refractivity contribution < 1.29 is 14.3 Å². The van der Waals surface area contributed by atoms with Gasteiger partial charge in [0.05, 0.1) is 16.5 Å². The van der Waals surface area contributed by atoms with Crippen LogP contribution in [0.2, 0.25) is 5.02 Å². The van der Waals surface area contributed by atoms with Gasteiger partial charge in [0.2, 0.25) is 5.91 Å². The molecule has 8 heteroatoms. The number of nitrogens with one attached hydrogen (secondary N) is 2. The minimum Gasteiger partial charge on any atom is -0.454 e. The van der Waals surface area contributed by atoms with Gasteiger partial charge in [-0.2, -0.15) is 0 Å². The molecule has 0 unspecified atom stereocenters. The summed E-state index contributed by atoms with van der Waals surface area (Å²) in [5.41, 5.74) is 1.06. The number of H-pyrrole nitrogens is 1. The van der Waals surface area contributed by atoms with Crippen molar-refractivity contribution in [1.29, 1.82) is 0 Å². The molecule has 0 bridgehead atoms.